The first kappa shape index (κ1) is 20.3. The van der Waals surface area contributed by atoms with Gasteiger partial charge >= 0.3 is 5.97 Å². The van der Waals surface area contributed by atoms with Gasteiger partial charge in [0.15, 0.2) is 0 Å². The zero-order valence-electron chi connectivity index (χ0n) is 14.1. The van der Waals surface area contributed by atoms with Crippen molar-refractivity contribution in [3.05, 3.63) is 29.3 Å². The van der Waals surface area contributed by atoms with Crippen LogP contribution in [0.2, 0.25) is 0 Å². The Morgan fingerprint density at radius 1 is 1.29 bits per heavy atom. The SMILES string of the molecule is Cc1ccc(C)c(OC2CCN(CC(=O)NCC(=O)O)CC2)c1.Cl. The maximum absolute atomic E-state index is 11.6. The van der Waals surface area contributed by atoms with Gasteiger partial charge in [-0.3, -0.25) is 14.5 Å². The number of rotatable bonds is 6. The van der Waals surface area contributed by atoms with Crippen molar-refractivity contribution >= 4 is 24.3 Å². The quantitative estimate of drug-likeness (QED) is 0.812. The third-order valence-electron chi connectivity index (χ3n) is 3.98. The Labute approximate surface area is 148 Å². The summed E-state index contributed by atoms with van der Waals surface area (Å²) in [6.07, 6.45) is 1.88. The van der Waals surface area contributed by atoms with E-state index in [4.69, 9.17) is 9.84 Å². The summed E-state index contributed by atoms with van der Waals surface area (Å²) in [5.74, 6) is -0.345. The van der Waals surface area contributed by atoms with E-state index in [2.05, 4.69) is 23.5 Å². The molecule has 0 aliphatic carbocycles. The Morgan fingerprint density at radius 2 is 1.96 bits per heavy atom. The number of hydrogen-bond donors (Lipinski definition) is 2. The van der Waals surface area contributed by atoms with E-state index in [0.29, 0.717) is 0 Å². The molecule has 0 aromatic heterocycles. The highest BCUT2D eigenvalue weighted by molar-refractivity contribution is 5.85. The first-order chi connectivity index (χ1) is 10.9. The van der Waals surface area contributed by atoms with Gasteiger partial charge in [0.25, 0.3) is 0 Å². The van der Waals surface area contributed by atoms with Gasteiger partial charge in [-0.25, -0.2) is 0 Å². The summed E-state index contributed by atoms with van der Waals surface area (Å²) in [4.78, 5) is 24.1. The van der Waals surface area contributed by atoms with Crippen molar-refractivity contribution in [2.75, 3.05) is 26.2 Å². The maximum atomic E-state index is 11.6. The predicted octanol–water partition coefficient (Wildman–Crippen LogP) is 1.77. The first-order valence-corrected chi connectivity index (χ1v) is 7.89. The summed E-state index contributed by atoms with van der Waals surface area (Å²) in [5, 5.41) is 10.9. The standard InChI is InChI=1S/C17H24N2O4.ClH/c1-12-3-4-13(2)15(9-12)23-14-5-7-19(8-6-14)11-16(20)18-10-17(21)22;/h3-4,9,14H,5-8,10-11H2,1-2H3,(H,18,20)(H,21,22);1H. The Bertz CT molecular complexity index is 572. The van der Waals surface area contributed by atoms with E-state index in [1.54, 1.807) is 0 Å². The summed E-state index contributed by atoms with van der Waals surface area (Å²) in [6.45, 7) is 5.54. The molecule has 0 spiro atoms. The molecule has 134 valence electrons. The van der Waals surface area contributed by atoms with E-state index < -0.39 is 5.97 Å². The second-order valence-corrected chi connectivity index (χ2v) is 6.03. The number of ether oxygens (including phenoxy) is 1. The fourth-order valence-electron chi connectivity index (χ4n) is 2.63. The molecule has 6 nitrogen and oxygen atoms in total. The van der Waals surface area contributed by atoms with Crippen LogP contribution in [-0.4, -0.2) is 54.2 Å². The van der Waals surface area contributed by atoms with Crippen molar-refractivity contribution in [2.24, 2.45) is 0 Å². The summed E-state index contributed by atoms with van der Waals surface area (Å²) in [6, 6.07) is 6.19. The monoisotopic (exact) mass is 356 g/mol. The maximum Gasteiger partial charge on any atom is 0.322 e. The van der Waals surface area contributed by atoms with Gasteiger partial charge in [-0.15, -0.1) is 12.4 Å². The largest absolute Gasteiger partial charge is 0.490 e. The number of benzene rings is 1. The van der Waals surface area contributed by atoms with E-state index in [1.165, 1.54) is 5.56 Å². The number of piperidine rings is 1. The first-order valence-electron chi connectivity index (χ1n) is 7.89. The minimum Gasteiger partial charge on any atom is -0.490 e. The molecule has 1 aromatic carbocycles. The molecule has 0 saturated carbocycles. The van der Waals surface area contributed by atoms with Gasteiger partial charge in [-0.2, -0.15) is 0 Å². The lowest BCUT2D eigenvalue weighted by Crippen LogP contribution is -2.44. The number of hydrogen-bond acceptors (Lipinski definition) is 4. The third kappa shape index (κ3) is 6.37. The number of nitrogens with zero attached hydrogens (tertiary/aromatic N) is 1. The molecule has 0 atom stereocenters. The van der Waals surface area contributed by atoms with Crippen LogP contribution in [0.25, 0.3) is 0 Å². The minimum absolute atomic E-state index is 0. The van der Waals surface area contributed by atoms with Crippen LogP contribution in [0.5, 0.6) is 5.75 Å². The number of nitrogens with one attached hydrogen (secondary N) is 1. The van der Waals surface area contributed by atoms with E-state index in [1.807, 2.05) is 18.7 Å². The Kier molecular flexibility index (Phi) is 8.01. The van der Waals surface area contributed by atoms with Crippen LogP contribution < -0.4 is 10.1 Å². The zero-order chi connectivity index (χ0) is 16.8. The van der Waals surface area contributed by atoms with Crippen LogP contribution in [0, 0.1) is 13.8 Å². The third-order valence-corrected chi connectivity index (χ3v) is 3.98. The number of aryl methyl sites for hydroxylation is 2. The fourth-order valence-corrected chi connectivity index (χ4v) is 2.63. The number of carboxylic acid groups (broad SMARTS) is 1. The van der Waals surface area contributed by atoms with Crippen LogP contribution in [0.3, 0.4) is 0 Å². The summed E-state index contributed by atoms with van der Waals surface area (Å²) in [7, 11) is 0. The molecule has 24 heavy (non-hydrogen) atoms. The second-order valence-electron chi connectivity index (χ2n) is 6.03. The number of carbonyl (C=O) groups is 2. The van der Waals surface area contributed by atoms with Crippen molar-refractivity contribution in [2.45, 2.75) is 32.8 Å². The highest BCUT2D eigenvalue weighted by atomic mass is 35.5. The summed E-state index contributed by atoms with van der Waals surface area (Å²) in [5.41, 5.74) is 2.31. The van der Waals surface area contributed by atoms with E-state index >= 15 is 0 Å². The number of carbonyl (C=O) groups excluding carboxylic acids is 1. The molecule has 1 aromatic rings. The van der Waals surface area contributed by atoms with Crippen molar-refractivity contribution in [3.63, 3.8) is 0 Å². The van der Waals surface area contributed by atoms with Crippen LogP contribution in [0.4, 0.5) is 0 Å². The van der Waals surface area contributed by atoms with Gasteiger partial charge in [-0.05, 0) is 43.9 Å². The van der Waals surface area contributed by atoms with Crippen molar-refractivity contribution in [1.29, 1.82) is 0 Å². The van der Waals surface area contributed by atoms with Crippen LogP contribution in [0.1, 0.15) is 24.0 Å². The predicted molar refractivity (Wildman–Crippen MR) is 93.9 cm³/mol. The smallest absolute Gasteiger partial charge is 0.322 e. The van der Waals surface area contributed by atoms with Crippen LogP contribution in [-0.2, 0) is 9.59 Å². The molecule has 1 fully saturated rings. The summed E-state index contributed by atoms with van der Waals surface area (Å²) >= 11 is 0. The highest BCUT2D eigenvalue weighted by Gasteiger charge is 2.22. The lowest BCUT2D eigenvalue weighted by atomic mass is 10.1. The average Bonchev–Trinajstić information content (AvgIpc) is 2.51. The molecule has 1 saturated heterocycles. The zero-order valence-corrected chi connectivity index (χ0v) is 14.9. The molecular formula is C17H25ClN2O4. The molecule has 2 rings (SSSR count). The molecule has 2 N–H and O–H groups in total. The average molecular weight is 357 g/mol. The van der Waals surface area contributed by atoms with Crippen molar-refractivity contribution in [1.82, 2.24) is 10.2 Å². The van der Waals surface area contributed by atoms with E-state index in [9.17, 15) is 9.59 Å². The molecule has 1 heterocycles. The van der Waals surface area contributed by atoms with E-state index in [0.717, 1.165) is 37.2 Å². The van der Waals surface area contributed by atoms with Gasteiger partial charge in [0.05, 0.1) is 6.54 Å². The number of amides is 1. The Balaban J connectivity index is 0.00000288. The number of halogens is 1. The van der Waals surface area contributed by atoms with Gasteiger partial charge in [-0.1, -0.05) is 12.1 Å². The van der Waals surface area contributed by atoms with E-state index in [-0.39, 0.29) is 37.5 Å². The lowest BCUT2D eigenvalue weighted by Gasteiger charge is -2.32. The Hall–Kier alpha value is -1.79. The summed E-state index contributed by atoms with van der Waals surface area (Å²) < 4.78 is 6.09. The van der Waals surface area contributed by atoms with Gasteiger partial charge in [0, 0.05) is 13.1 Å². The molecule has 1 aliphatic rings. The van der Waals surface area contributed by atoms with Crippen molar-refractivity contribution in [3.8, 4) is 5.75 Å². The van der Waals surface area contributed by atoms with Gasteiger partial charge in [0.1, 0.15) is 18.4 Å². The highest BCUT2D eigenvalue weighted by Crippen LogP contribution is 2.23. The molecule has 1 amide bonds. The normalized spacial score (nSPS) is 15.4. The lowest BCUT2D eigenvalue weighted by molar-refractivity contribution is -0.138. The number of aliphatic carboxylic acids is 1. The molecule has 0 bridgehead atoms. The topological polar surface area (TPSA) is 78.9 Å². The molecule has 0 radical (unpaired) electrons. The molecular weight excluding hydrogens is 332 g/mol. The molecule has 0 unspecified atom stereocenters. The fraction of sp³-hybridized carbons (Fsp3) is 0.529. The number of carboxylic acids is 1. The second kappa shape index (κ2) is 9.49. The van der Waals surface area contributed by atoms with Gasteiger partial charge in [0.2, 0.25) is 5.91 Å². The minimum atomic E-state index is -1.03. The molecule has 1 aliphatic heterocycles. The van der Waals surface area contributed by atoms with Crippen LogP contribution in [0.15, 0.2) is 18.2 Å². The Morgan fingerprint density at radius 3 is 2.58 bits per heavy atom. The van der Waals surface area contributed by atoms with Crippen molar-refractivity contribution < 1.29 is 19.4 Å². The van der Waals surface area contributed by atoms with Crippen LogP contribution >= 0.6 is 12.4 Å². The number of likely N-dealkylation sites (tertiary alicyclic amines) is 1. The van der Waals surface area contributed by atoms with Gasteiger partial charge < -0.3 is 15.2 Å². The molecule has 7 heteroatoms.